The first-order chi connectivity index (χ1) is 10.2. The van der Waals surface area contributed by atoms with Gasteiger partial charge in [-0.15, -0.1) is 0 Å². The molecule has 0 spiro atoms. The normalized spacial score (nSPS) is 13.2. The molecular weight excluding hydrogens is 329 g/mol. The lowest BCUT2D eigenvalue weighted by Crippen LogP contribution is -2.34. The van der Waals surface area contributed by atoms with Gasteiger partial charge in [-0.05, 0) is 37.7 Å². The van der Waals surface area contributed by atoms with Gasteiger partial charge >= 0.3 is 0 Å². The average Bonchev–Trinajstić information content (AvgIpc) is 2.74. The highest BCUT2D eigenvalue weighted by atomic mass is 32.2. The Morgan fingerprint density at radius 3 is 2.73 bits per heavy atom. The van der Waals surface area contributed by atoms with Gasteiger partial charge in [0.25, 0.3) is 5.91 Å². The number of sulfone groups is 1. The molecule has 9 heteroatoms. The minimum Gasteiger partial charge on any atom is -0.349 e. The van der Waals surface area contributed by atoms with Crippen LogP contribution in [0.25, 0.3) is 11.0 Å². The number of aromatic amines is 2. The van der Waals surface area contributed by atoms with Crippen LogP contribution >= 0.6 is 12.2 Å². The van der Waals surface area contributed by atoms with Crippen LogP contribution in [-0.2, 0) is 9.84 Å². The summed E-state index contributed by atoms with van der Waals surface area (Å²) in [6.45, 7) is 1.69. The topological polar surface area (TPSA) is 94.8 Å². The van der Waals surface area contributed by atoms with Gasteiger partial charge in [0, 0.05) is 12.3 Å². The summed E-state index contributed by atoms with van der Waals surface area (Å²) in [5, 5.41) is 2.66. The van der Waals surface area contributed by atoms with Crippen molar-refractivity contribution in [1.29, 1.82) is 0 Å². The summed E-state index contributed by atoms with van der Waals surface area (Å²) in [4.78, 5) is 17.8. The quantitative estimate of drug-likeness (QED) is 0.722. The Morgan fingerprint density at radius 1 is 1.41 bits per heavy atom. The number of amides is 1. The smallest absolute Gasteiger partial charge is 0.253 e. The molecule has 0 bridgehead atoms. The molecule has 120 valence electrons. The van der Waals surface area contributed by atoms with Gasteiger partial charge in [-0.25, -0.2) is 12.8 Å². The molecule has 0 aliphatic heterocycles. The molecule has 6 nitrogen and oxygen atoms in total. The summed E-state index contributed by atoms with van der Waals surface area (Å²) in [5.41, 5.74) is 0.937. The number of hydrogen-bond acceptors (Lipinski definition) is 4. The van der Waals surface area contributed by atoms with Crippen LogP contribution in [0.2, 0.25) is 0 Å². The highest BCUT2D eigenvalue weighted by Crippen LogP contribution is 2.18. The van der Waals surface area contributed by atoms with Crippen molar-refractivity contribution in [2.45, 2.75) is 19.4 Å². The summed E-state index contributed by atoms with van der Waals surface area (Å²) in [7, 11) is -3.09. The van der Waals surface area contributed by atoms with E-state index in [1.165, 1.54) is 6.07 Å². The number of carbonyl (C=O) groups excluding carboxylic acids is 1. The van der Waals surface area contributed by atoms with Crippen molar-refractivity contribution in [2.75, 3.05) is 12.0 Å². The first-order valence-electron chi connectivity index (χ1n) is 6.56. The van der Waals surface area contributed by atoms with Gasteiger partial charge in [-0.1, -0.05) is 0 Å². The van der Waals surface area contributed by atoms with E-state index in [-0.39, 0.29) is 23.8 Å². The Bertz CT molecular complexity index is 870. The lowest BCUT2D eigenvalue weighted by Gasteiger charge is -2.13. The highest BCUT2D eigenvalue weighted by Gasteiger charge is 2.17. The number of imidazole rings is 1. The average molecular weight is 345 g/mol. The predicted octanol–water partition coefficient (Wildman–Crippen LogP) is 1.92. The maximum Gasteiger partial charge on any atom is 0.253 e. The van der Waals surface area contributed by atoms with Gasteiger partial charge in [0.05, 0.1) is 22.3 Å². The van der Waals surface area contributed by atoms with E-state index in [1.807, 2.05) is 0 Å². The first kappa shape index (κ1) is 16.6. The van der Waals surface area contributed by atoms with E-state index in [0.717, 1.165) is 12.3 Å². The third-order valence-electron chi connectivity index (χ3n) is 3.13. The third kappa shape index (κ3) is 4.14. The van der Waals surface area contributed by atoms with Crippen molar-refractivity contribution in [2.24, 2.45) is 0 Å². The fourth-order valence-corrected chi connectivity index (χ4v) is 3.04. The van der Waals surface area contributed by atoms with Crippen molar-refractivity contribution in [3.8, 4) is 0 Å². The van der Waals surface area contributed by atoms with Gasteiger partial charge in [-0.3, -0.25) is 4.79 Å². The molecule has 1 atom stereocenters. The molecule has 1 aromatic carbocycles. The lowest BCUT2D eigenvalue weighted by atomic mass is 10.1. The maximum atomic E-state index is 13.6. The molecule has 0 aliphatic rings. The van der Waals surface area contributed by atoms with Crippen molar-refractivity contribution >= 4 is 39.0 Å². The molecule has 1 aromatic heterocycles. The summed E-state index contributed by atoms with van der Waals surface area (Å²) in [6.07, 6.45) is 1.42. The van der Waals surface area contributed by atoms with Crippen molar-refractivity contribution < 1.29 is 17.6 Å². The van der Waals surface area contributed by atoms with E-state index >= 15 is 0 Å². The molecule has 2 aromatic rings. The molecule has 0 radical (unpaired) electrons. The molecule has 1 unspecified atom stereocenters. The molecule has 1 heterocycles. The molecule has 1 amide bonds. The summed E-state index contributed by atoms with van der Waals surface area (Å²) >= 11 is 4.94. The minimum absolute atomic E-state index is 0.0282. The number of H-pyrrole nitrogens is 2. The Morgan fingerprint density at radius 2 is 2.09 bits per heavy atom. The van der Waals surface area contributed by atoms with Crippen LogP contribution in [-0.4, -0.2) is 42.3 Å². The van der Waals surface area contributed by atoms with E-state index in [0.29, 0.717) is 15.8 Å². The van der Waals surface area contributed by atoms with Crippen LogP contribution in [0.1, 0.15) is 23.7 Å². The summed E-state index contributed by atoms with van der Waals surface area (Å²) in [6, 6.07) is 1.99. The fraction of sp³-hybridized carbons (Fsp3) is 0.385. The van der Waals surface area contributed by atoms with E-state index in [1.54, 1.807) is 6.92 Å². The number of rotatable bonds is 5. The SMILES string of the molecule is CC(CCS(C)(=O)=O)NC(=O)c1cc(F)cc2[nH]c(=S)[nH]c12. The second kappa shape index (κ2) is 6.17. The van der Waals surface area contributed by atoms with Crippen molar-refractivity contribution in [1.82, 2.24) is 15.3 Å². The van der Waals surface area contributed by atoms with Gasteiger partial charge in [-0.2, -0.15) is 0 Å². The first-order valence-corrected chi connectivity index (χ1v) is 9.03. The number of benzene rings is 1. The number of aromatic nitrogens is 2. The molecule has 0 aliphatic carbocycles. The Kier molecular flexibility index (Phi) is 4.66. The summed E-state index contributed by atoms with van der Waals surface area (Å²) in [5.74, 6) is -1.08. The van der Waals surface area contributed by atoms with Gasteiger partial charge in [0.15, 0.2) is 4.77 Å². The largest absolute Gasteiger partial charge is 0.349 e. The Balaban J connectivity index is 2.21. The van der Waals surface area contributed by atoms with Gasteiger partial charge in [0.1, 0.15) is 15.7 Å². The molecule has 0 saturated carbocycles. The Labute approximate surface area is 132 Å². The molecule has 0 saturated heterocycles. The number of halogens is 1. The minimum atomic E-state index is -3.09. The van der Waals surface area contributed by atoms with Gasteiger partial charge < -0.3 is 15.3 Å². The van der Waals surface area contributed by atoms with Gasteiger partial charge in [0.2, 0.25) is 0 Å². The van der Waals surface area contributed by atoms with Crippen LogP contribution in [0.3, 0.4) is 0 Å². The standard InChI is InChI=1S/C13H16FN3O3S2/c1-7(3-4-22(2,19)20)15-12(18)9-5-8(14)6-10-11(9)17-13(21)16-10/h5-7H,3-4H2,1-2H3,(H,15,18)(H2,16,17,21). The van der Waals surface area contributed by atoms with Crippen LogP contribution in [0.15, 0.2) is 12.1 Å². The Hall–Kier alpha value is -1.74. The second-order valence-corrected chi connectivity index (χ2v) is 7.92. The molecule has 22 heavy (non-hydrogen) atoms. The molecule has 0 fully saturated rings. The van der Waals surface area contributed by atoms with Crippen LogP contribution in [0.5, 0.6) is 0 Å². The maximum absolute atomic E-state index is 13.6. The van der Waals surface area contributed by atoms with E-state index < -0.39 is 21.6 Å². The number of carbonyl (C=O) groups is 1. The highest BCUT2D eigenvalue weighted by molar-refractivity contribution is 7.90. The van der Waals surface area contributed by atoms with E-state index in [9.17, 15) is 17.6 Å². The zero-order valence-corrected chi connectivity index (χ0v) is 13.7. The van der Waals surface area contributed by atoms with E-state index in [4.69, 9.17) is 12.2 Å². The molecular formula is C13H16FN3O3S2. The fourth-order valence-electron chi connectivity index (χ4n) is 2.05. The predicted molar refractivity (Wildman–Crippen MR) is 84.7 cm³/mol. The zero-order chi connectivity index (χ0) is 16.5. The summed E-state index contributed by atoms with van der Waals surface area (Å²) < 4.78 is 36.1. The lowest BCUT2D eigenvalue weighted by molar-refractivity contribution is 0.0940. The number of fused-ring (bicyclic) bond motifs is 1. The van der Waals surface area contributed by atoms with Crippen LogP contribution < -0.4 is 5.32 Å². The van der Waals surface area contributed by atoms with E-state index in [2.05, 4.69) is 15.3 Å². The van der Waals surface area contributed by atoms with Crippen molar-refractivity contribution in [3.63, 3.8) is 0 Å². The third-order valence-corrected chi connectivity index (χ3v) is 4.32. The number of hydrogen-bond donors (Lipinski definition) is 3. The zero-order valence-electron chi connectivity index (χ0n) is 12.1. The van der Waals surface area contributed by atoms with Crippen LogP contribution in [0.4, 0.5) is 4.39 Å². The second-order valence-electron chi connectivity index (χ2n) is 5.25. The molecule has 3 N–H and O–H groups in total. The number of nitrogens with one attached hydrogen (secondary N) is 3. The van der Waals surface area contributed by atoms with Crippen molar-refractivity contribution in [3.05, 3.63) is 28.3 Å². The monoisotopic (exact) mass is 345 g/mol. The van der Waals surface area contributed by atoms with Crippen LogP contribution in [0, 0.1) is 10.6 Å². The molecule has 2 rings (SSSR count).